The molecule has 1 heterocycles. The second kappa shape index (κ2) is 12.7. The molecule has 3 aromatic rings. The summed E-state index contributed by atoms with van der Waals surface area (Å²) in [7, 11) is 0. The van der Waals surface area contributed by atoms with E-state index < -0.39 is 0 Å². The maximum absolute atomic E-state index is 11.0. The molecule has 5 nitrogen and oxygen atoms in total. The van der Waals surface area contributed by atoms with Gasteiger partial charge in [0.05, 0.1) is 18.0 Å². The minimum Gasteiger partial charge on any atom is -0.505 e. The highest BCUT2D eigenvalue weighted by molar-refractivity contribution is 6.14. The molecule has 1 aliphatic heterocycles. The van der Waals surface area contributed by atoms with Crippen LogP contribution >= 0.6 is 0 Å². The standard InChI is InChI=1S/C33H41N3O2/c1-6-7-8-9-10-11-18-38-27-14-17-32(33(37)21-27)36-34-30(28-15-12-23(2)19-25(28)4)22-31(35-36)29-16-13-24(3)20-26(29)5/h12-17,19-22,34,37H,6-11,18H2,1-5H3. The molecule has 0 unspecified atom stereocenters. The maximum Gasteiger partial charge on any atom is 0.146 e. The number of allylic oxidation sites excluding steroid dienone is 1. The third-order valence-corrected chi connectivity index (χ3v) is 6.99. The number of phenols is 1. The Morgan fingerprint density at radius 1 is 0.789 bits per heavy atom. The summed E-state index contributed by atoms with van der Waals surface area (Å²) in [5, 5.41) is 17.6. The fourth-order valence-electron chi connectivity index (χ4n) is 4.89. The van der Waals surface area contributed by atoms with Crippen molar-refractivity contribution < 1.29 is 9.84 Å². The van der Waals surface area contributed by atoms with Crippen LogP contribution in [0, 0.1) is 27.7 Å². The van der Waals surface area contributed by atoms with E-state index in [0.717, 1.165) is 34.5 Å². The lowest BCUT2D eigenvalue weighted by Crippen LogP contribution is -2.37. The predicted octanol–water partition coefficient (Wildman–Crippen LogP) is 8.14. The number of unbranched alkanes of at least 4 members (excludes halogenated alkanes) is 5. The summed E-state index contributed by atoms with van der Waals surface area (Å²) in [6.07, 6.45) is 9.37. The number of hydrazine groups is 1. The predicted molar refractivity (Wildman–Crippen MR) is 159 cm³/mol. The van der Waals surface area contributed by atoms with Gasteiger partial charge in [-0.15, -0.1) is 0 Å². The van der Waals surface area contributed by atoms with Gasteiger partial charge in [-0.1, -0.05) is 86.6 Å². The van der Waals surface area contributed by atoms with E-state index in [0.29, 0.717) is 18.0 Å². The first-order chi connectivity index (χ1) is 18.4. The third-order valence-electron chi connectivity index (χ3n) is 6.99. The van der Waals surface area contributed by atoms with E-state index in [4.69, 9.17) is 9.84 Å². The van der Waals surface area contributed by atoms with Gasteiger partial charge < -0.3 is 9.84 Å². The van der Waals surface area contributed by atoms with E-state index in [1.54, 1.807) is 11.2 Å². The molecule has 5 heteroatoms. The zero-order valence-corrected chi connectivity index (χ0v) is 23.5. The average molecular weight is 512 g/mol. The van der Waals surface area contributed by atoms with Crippen LogP contribution in [0.25, 0.3) is 5.70 Å². The SMILES string of the molecule is CCCCCCCCOc1ccc(N2N=C(c3ccc(C)cc3C)C=C(c3ccc(C)cc3C)N2)c(O)c1. The van der Waals surface area contributed by atoms with Crippen molar-refractivity contribution in [2.24, 2.45) is 5.10 Å². The van der Waals surface area contributed by atoms with Gasteiger partial charge in [-0.2, -0.15) is 10.2 Å². The van der Waals surface area contributed by atoms with Crippen LogP contribution in [-0.4, -0.2) is 17.4 Å². The lowest BCUT2D eigenvalue weighted by molar-refractivity contribution is 0.303. The first kappa shape index (κ1) is 27.3. The van der Waals surface area contributed by atoms with Crippen molar-refractivity contribution in [3.63, 3.8) is 0 Å². The van der Waals surface area contributed by atoms with Crippen molar-refractivity contribution >= 4 is 17.1 Å². The number of aromatic hydroxyl groups is 1. The Morgan fingerprint density at radius 2 is 1.45 bits per heavy atom. The summed E-state index contributed by atoms with van der Waals surface area (Å²) in [6.45, 7) is 11.3. The number of nitrogens with zero attached hydrogens (tertiary/aromatic N) is 2. The van der Waals surface area contributed by atoms with Gasteiger partial charge in [0.15, 0.2) is 0 Å². The van der Waals surface area contributed by atoms with Crippen LogP contribution in [0.5, 0.6) is 11.5 Å². The zero-order valence-electron chi connectivity index (χ0n) is 23.5. The normalized spacial score (nSPS) is 13.1. The summed E-state index contributed by atoms with van der Waals surface area (Å²) >= 11 is 0. The van der Waals surface area contributed by atoms with Crippen LogP contribution in [0.15, 0.2) is 65.8 Å². The highest BCUT2D eigenvalue weighted by Crippen LogP contribution is 2.34. The van der Waals surface area contributed by atoms with Crippen LogP contribution in [0.2, 0.25) is 0 Å². The maximum atomic E-state index is 11.0. The van der Waals surface area contributed by atoms with Crippen LogP contribution in [0.4, 0.5) is 5.69 Å². The number of hydrogen-bond acceptors (Lipinski definition) is 5. The molecule has 0 saturated carbocycles. The molecule has 200 valence electrons. The summed E-state index contributed by atoms with van der Waals surface area (Å²) in [5.74, 6) is 0.782. The third kappa shape index (κ3) is 6.77. The van der Waals surface area contributed by atoms with Gasteiger partial charge in [0.1, 0.15) is 17.2 Å². The fraction of sp³-hybridized carbons (Fsp3) is 0.364. The van der Waals surface area contributed by atoms with E-state index in [9.17, 15) is 5.11 Å². The number of nitrogens with one attached hydrogen (secondary N) is 1. The number of aryl methyl sites for hydroxylation is 4. The van der Waals surface area contributed by atoms with E-state index in [1.165, 1.54) is 48.8 Å². The summed E-state index contributed by atoms with van der Waals surface area (Å²) in [4.78, 5) is 0. The Kier molecular flexibility index (Phi) is 9.11. The Labute approximate surface area is 227 Å². The quantitative estimate of drug-likeness (QED) is 0.255. The van der Waals surface area contributed by atoms with Crippen LogP contribution in [0.3, 0.4) is 0 Å². The largest absolute Gasteiger partial charge is 0.505 e. The van der Waals surface area contributed by atoms with Crippen LogP contribution in [0.1, 0.15) is 78.8 Å². The second-order valence-electron chi connectivity index (χ2n) is 10.4. The molecule has 0 bridgehead atoms. The van der Waals surface area contributed by atoms with Crippen molar-refractivity contribution in [1.29, 1.82) is 0 Å². The molecule has 3 aromatic carbocycles. The van der Waals surface area contributed by atoms with Gasteiger partial charge in [0, 0.05) is 17.2 Å². The average Bonchev–Trinajstić information content (AvgIpc) is 2.88. The molecule has 38 heavy (non-hydrogen) atoms. The molecular formula is C33H41N3O2. The van der Waals surface area contributed by atoms with Crippen LogP contribution < -0.4 is 15.3 Å². The van der Waals surface area contributed by atoms with Crippen molar-refractivity contribution in [3.8, 4) is 11.5 Å². The van der Waals surface area contributed by atoms with E-state index >= 15 is 0 Å². The van der Waals surface area contributed by atoms with Crippen molar-refractivity contribution in [2.75, 3.05) is 11.7 Å². The van der Waals surface area contributed by atoms with E-state index in [1.807, 2.05) is 12.1 Å². The monoisotopic (exact) mass is 511 g/mol. The Balaban J connectivity index is 1.58. The van der Waals surface area contributed by atoms with Gasteiger partial charge in [-0.3, -0.25) is 5.43 Å². The molecule has 0 aliphatic carbocycles. The minimum absolute atomic E-state index is 0.114. The minimum atomic E-state index is 0.114. The molecule has 0 amide bonds. The Morgan fingerprint density at radius 3 is 2.11 bits per heavy atom. The number of phenolic OH excluding ortho intramolecular Hbond substituents is 1. The first-order valence-corrected chi connectivity index (χ1v) is 13.8. The number of ether oxygens (including phenoxy) is 1. The molecule has 0 radical (unpaired) electrons. The Bertz CT molecular complexity index is 1330. The molecule has 0 aromatic heterocycles. The molecule has 1 aliphatic rings. The molecule has 4 rings (SSSR count). The fourth-order valence-corrected chi connectivity index (χ4v) is 4.89. The summed E-state index contributed by atoms with van der Waals surface area (Å²) in [5.41, 5.74) is 12.7. The van der Waals surface area contributed by atoms with Gasteiger partial charge >= 0.3 is 0 Å². The van der Waals surface area contributed by atoms with Gasteiger partial charge in [0.25, 0.3) is 0 Å². The molecule has 0 spiro atoms. The van der Waals surface area contributed by atoms with Gasteiger partial charge in [-0.05, 0) is 63.5 Å². The number of hydrazone groups is 1. The summed E-state index contributed by atoms with van der Waals surface area (Å²) < 4.78 is 5.92. The van der Waals surface area contributed by atoms with E-state index in [-0.39, 0.29) is 5.75 Å². The number of benzene rings is 3. The smallest absolute Gasteiger partial charge is 0.146 e. The zero-order chi connectivity index (χ0) is 27.1. The highest BCUT2D eigenvalue weighted by atomic mass is 16.5. The van der Waals surface area contributed by atoms with Crippen molar-refractivity contribution in [3.05, 3.63) is 94.1 Å². The topological polar surface area (TPSA) is 57.1 Å². The lowest BCUT2D eigenvalue weighted by atomic mass is 9.98. The molecule has 0 atom stereocenters. The van der Waals surface area contributed by atoms with Crippen molar-refractivity contribution in [2.45, 2.75) is 73.1 Å². The Hall–Kier alpha value is -3.73. The molecule has 0 saturated heterocycles. The summed E-state index contributed by atoms with van der Waals surface area (Å²) in [6, 6.07) is 18.2. The number of rotatable bonds is 11. The van der Waals surface area contributed by atoms with Gasteiger partial charge in [0.2, 0.25) is 0 Å². The lowest BCUT2D eigenvalue weighted by Gasteiger charge is -2.29. The molecule has 0 fully saturated rings. The first-order valence-electron chi connectivity index (χ1n) is 13.8. The highest BCUT2D eigenvalue weighted by Gasteiger charge is 2.21. The molecule has 2 N–H and O–H groups in total. The number of anilines is 1. The van der Waals surface area contributed by atoms with Gasteiger partial charge in [-0.25, -0.2) is 0 Å². The second-order valence-corrected chi connectivity index (χ2v) is 10.4. The van der Waals surface area contributed by atoms with Crippen molar-refractivity contribution in [1.82, 2.24) is 5.43 Å². The van der Waals surface area contributed by atoms with E-state index in [2.05, 4.69) is 82.5 Å². The number of hydrogen-bond donors (Lipinski definition) is 2. The van der Waals surface area contributed by atoms with Crippen LogP contribution in [-0.2, 0) is 0 Å². The molecular weight excluding hydrogens is 470 g/mol.